The second kappa shape index (κ2) is 6.06. The highest BCUT2D eigenvalue weighted by Gasteiger charge is 2.07. The van der Waals surface area contributed by atoms with E-state index in [1.165, 1.54) is 11.8 Å². The van der Waals surface area contributed by atoms with Crippen molar-refractivity contribution in [2.24, 2.45) is 0 Å². The molecule has 1 N–H and O–H groups in total. The Kier molecular flexibility index (Phi) is 4.43. The molecule has 0 aliphatic heterocycles. The second-order valence-electron chi connectivity index (χ2n) is 3.84. The lowest BCUT2D eigenvalue weighted by molar-refractivity contribution is 0.559. The summed E-state index contributed by atoms with van der Waals surface area (Å²) in [5.41, 5.74) is 0. The third kappa shape index (κ3) is 3.61. The van der Waals surface area contributed by atoms with Crippen molar-refractivity contribution in [3.63, 3.8) is 0 Å². The van der Waals surface area contributed by atoms with Crippen LogP contribution in [-0.2, 0) is 6.54 Å². The molecule has 0 aliphatic rings. The summed E-state index contributed by atoms with van der Waals surface area (Å²) in [6.07, 6.45) is 5.61. The Morgan fingerprint density at radius 1 is 1.50 bits per heavy atom. The van der Waals surface area contributed by atoms with Gasteiger partial charge in [-0.1, -0.05) is 23.4 Å². The molecule has 2 rings (SSSR count). The van der Waals surface area contributed by atoms with Crippen LogP contribution in [0.3, 0.4) is 0 Å². The molecule has 1 atom stereocenters. The molecule has 0 bridgehead atoms. The van der Waals surface area contributed by atoms with E-state index in [0.29, 0.717) is 10.3 Å². The van der Waals surface area contributed by atoms with E-state index in [-0.39, 0.29) is 6.04 Å². The van der Waals surface area contributed by atoms with E-state index in [1.54, 1.807) is 12.3 Å². The smallest absolute Gasteiger partial charge is 0.190 e. The Morgan fingerprint density at radius 3 is 3.00 bits per heavy atom. The maximum atomic E-state index is 5.93. The van der Waals surface area contributed by atoms with Gasteiger partial charge in [0.25, 0.3) is 0 Å². The number of aromatic nitrogens is 4. The number of rotatable bonds is 5. The Morgan fingerprint density at radius 2 is 2.33 bits per heavy atom. The fourth-order valence-corrected chi connectivity index (χ4v) is 2.16. The lowest BCUT2D eigenvalue weighted by atomic mass is 10.3. The molecule has 2 aromatic rings. The summed E-state index contributed by atoms with van der Waals surface area (Å²) in [4.78, 5) is 8.44. The Bertz CT molecular complexity index is 502. The molecule has 0 radical (unpaired) electrons. The molecule has 2 heterocycles. The van der Waals surface area contributed by atoms with Crippen LogP contribution in [0.25, 0.3) is 0 Å². The van der Waals surface area contributed by atoms with Crippen molar-refractivity contribution >= 4 is 29.2 Å². The normalized spacial score (nSPS) is 12.4. The average molecular weight is 284 g/mol. The lowest BCUT2D eigenvalue weighted by Crippen LogP contribution is -2.22. The highest BCUT2D eigenvalue weighted by Crippen LogP contribution is 2.17. The SMILES string of the molecule is CSc1nc(Cl)cc(NC(C)Cn2cccn2)n1. The molecule has 2 aromatic heterocycles. The minimum atomic E-state index is 0.200. The monoisotopic (exact) mass is 283 g/mol. The quantitative estimate of drug-likeness (QED) is 0.519. The zero-order valence-electron chi connectivity index (χ0n) is 10.2. The van der Waals surface area contributed by atoms with Crippen molar-refractivity contribution in [1.29, 1.82) is 0 Å². The molecule has 1 unspecified atom stereocenters. The van der Waals surface area contributed by atoms with Gasteiger partial charge in [0.05, 0.1) is 6.54 Å². The number of nitrogens with one attached hydrogen (secondary N) is 1. The van der Waals surface area contributed by atoms with Crippen molar-refractivity contribution in [2.75, 3.05) is 11.6 Å². The van der Waals surface area contributed by atoms with Gasteiger partial charge in [0.15, 0.2) is 5.16 Å². The van der Waals surface area contributed by atoms with Crippen LogP contribution in [0.2, 0.25) is 5.15 Å². The molecule has 0 saturated heterocycles. The Hall–Kier alpha value is -1.27. The molecule has 96 valence electrons. The van der Waals surface area contributed by atoms with Gasteiger partial charge >= 0.3 is 0 Å². The first kappa shape index (κ1) is 13.2. The minimum Gasteiger partial charge on any atom is -0.366 e. The number of thioether (sulfide) groups is 1. The van der Waals surface area contributed by atoms with Crippen molar-refractivity contribution in [2.45, 2.75) is 24.7 Å². The standard InChI is InChI=1S/C11H14ClN5S/c1-8(7-17-5-3-4-13-17)14-10-6-9(12)15-11(16-10)18-2/h3-6,8H,7H2,1-2H3,(H,14,15,16). The van der Waals surface area contributed by atoms with Crippen LogP contribution in [0, 0.1) is 0 Å². The number of halogens is 1. The first-order valence-corrected chi connectivity index (χ1v) is 7.10. The summed E-state index contributed by atoms with van der Waals surface area (Å²) < 4.78 is 1.87. The van der Waals surface area contributed by atoms with Crippen LogP contribution < -0.4 is 5.32 Å². The number of anilines is 1. The van der Waals surface area contributed by atoms with Crippen LogP contribution in [0.15, 0.2) is 29.7 Å². The van der Waals surface area contributed by atoms with Gasteiger partial charge in [0.1, 0.15) is 11.0 Å². The maximum absolute atomic E-state index is 5.93. The molecule has 0 fully saturated rings. The summed E-state index contributed by atoms with van der Waals surface area (Å²) in [6.45, 7) is 2.83. The van der Waals surface area contributed by atoms with Crippen molar-refractivity contribution in [3.8, 4) is 0 Å². The third-order valence-corrected chi connectivity index (χ3v) is 3.01. The van der Waals surface area contributed by atoms with E-state index in [2.05, 4.69) is 27.3 Å². The predicted molar refractivity (Wildman–Crippen MR) is 74.1 cm³/mol. The highest BCUT2D eigenvalue weighted by atomic mass is 35.5. The number of hydrogen-bond acceptors (Lipinski definition) is 5. The molecule has 18 heavy (non-hydrogen) atoms. The maximum Gasteiger partial charge on any atom is 0.190 e. The number of nitrogens with zero attached hydrogens (tertiary/aromatic N) is 4. The second-order valence-corrected chi connectivity index (χ2v) is 5.00. The van der Waals surface area contributed by atoms with Crippen molar-refractivity contribution < 1.29 is 0 Å². The molecule has 0 aliphatic carbocycles. The average Bonchev–Trinajstić information content (AvgIpc) is 2.80. The highest BCUT2D eigenvalue weighted by molar-refractivity contribution is 7.98. The lowest BCUT2D eigenvalue weighted by Gasteiger charge is -2.15. The molecule has 0 saturated carbocycles. The van der Waals surface area contributed by atoms with Gasteiger partial charge in [-0.25, -0.2) is 9.97 Å². The zero-order valence-corrected chi connectivity index (χ0v) is 11.7. The Labute approximate surface area is 115 Å². The van der Waals surface area contributed by atoms with Gasteiger partial charge in [-0.05, 0) is 19.2 Å². The molecule has 5 nitrogen and oxygen atoms in total. The van der Waals surface area contributed by atoms with E-state index in [1.807, 2.05) is 23.2 Å². The van der Waals surface area contributed by atoms with Crippen LogP contribution in [0.4, 0.5) is 5.82 Å². The zero-order chi connectivity index (χ0) is 13.0. The summed E-state index contributed by atoms with van der Waals surface area (Å²) in [5, 5.41) is 8.56. The van der Waals surface area contributed by atoms with E-state index >= 15 is 0 Å². The van der Waals surface area contributed by atoms with Gasteiger partial charge in [0.2, 0.25) is 0 Å². The van der Waals surface area contributed by atoms with Crippen LogP contribution in [0.1, 0.15) is 6.92 Å². The van der Waals surface area contributed by atoms with Crippen LogP contribution in [-0.4, -0.2) is 32.0 Å². The minimum absolute atomic E-state index is 0.200. The van der Waals surface area contributed by atoms with Crippen molar-refractivity contribution in [3.05, 3.63) is 29.7 Å². The van der Waals surface area contributed by atoms with E-state index in [4.69, 9.17) is 11.6 Å². The fraction of sp³-hybridized carbons (Fsp3) is 0.364. The van der Waals surface area contributed by atoms with Crippen LogP contribution >= 0.6 is 23.4 Å². The van der Waals surface area contributed by atoms with E-state index in [9.17, 15) is 0 Å². The fourth-order valence-electron chi connectivity index (χ4n) is 1.55. The molecule has 0 spiro atoms. The molecular weight excluding hydrogens is 270 g/mol. The number of hydrogen-bond donors (Lipinski definition) is 1. The topological polar surface area (TPSA) is 55.6 Å². The third-order valence-electron chi connectivity index (χ3n) is 2.27. The van der Waals surface area contributed by atoms with Gasteiger partial charge in [-0.3, -0.25) is 4.68 Å². The molecule has 0 aromatic carbocycles. The summed E-state index contributed by atoms with van der Waals surface area (Å²) >= 11 is 7.40. The Balaban J connectivity index is 2.02. The predicted octanol–water partition coefficient (Wildman–Crippen LogP) is 2.55. The van der Waals surface area contributed by atoms with E-state index in [0.717, 1.165) is 12.4 Å². The van der Waals surface area contributed by atoms with Gasteiger partial charge in [-0.15, -0.1) is 0 Å². The summed E-state index contributed by atoms with van der Waals surface area (Å²) in [5.74, 6) is 0.735. The first-order valence-electron chi connectivity index (χ1n) is 5.50. The summed E-state index contributed by atoms with van der Waals surface area (Å²) in [7, 11) is 0. The first-order chi connectivity index (χ1) is 8.67. The molecular formula is C11H14ClN5S. The van der Waals surface area contributed by atoms with E-state index < -0.39 is 0 Å². The van der Waals surface area contributed by atoms with Crippen LogP contribution in [0.5, 0.6) is 0 Å². The van der Waals surface area contributed by atoms with Gasteiger partial charge in [-0.2, -0.15) is 5.10 Å². The largest absolute Gasteiger partial charge is 0.366 e. The molecule has 0 amide bonds. The van der Waals surface area contributed by atoms with Gasteiger partial charge < -0.3 is 5.32 Å². The summed E-state index contributed by atoms with van der Waals surface area (Å²) in [6, 6.07) is 3.83. The van der Waals surface area contributed by atoms with Gasteiger partial charge in [0, 0.05) is 24.5 Å². The van der Waals surface area contributed by atoms with Crippen molar-refractivity contribution in [1.82, 2.24) is 19.7 Å². The molecule has 7 heteroatoms.